The molecule has 15 nitrogen and oxygen atoms in total. The van der Waals surface area contributed by atoms with Crippen molar-refractivity contribution in [1.29, 1.82) is 0 Å². The summed E-state index contributed by atoms with van der Waals surface area (Å²) in [5, 5.41) is 52.9. The highest BCUT2D eigenvalue weighted by atomic mass is 31.2. The minimum Gasteiger partial charge on any atom is -0.356 e. The Kier molecular flexibility index (Phi) is 2.58. The van der Waals surface area contributed by atoms with Gasteiger partial charge in [-0.1, -0.05) is 0 Å². The van der Waals surface area contributed by atoms with Gasteiger partial charge in [-0.05, 0) is 0 Å². The monoisotopic (exact) mass is 410 g/mol. The second-order valence-corrected chi connectivity index (χ2v) is 8.22. The average Bonchev–Trinajstić information content (AvgIpc) is 3.04. The topological polar surface area (TPSA) is 193 Å². The number of aliphatic hydroxyl groups is 5. The summed E-state index contributed by atoms with van der Waals surface area (Å²) in [7, 11) is -7.33. The Balaban J connectivity index is 1.60. The van der Waals surface area contributed by atoms with Gasteiger partial charge >= 0.3 is 55.1 Å². The lowest BCUT2D eigenvalue weighted by atomic mass is 9.86. The van der Waals surface area contributed by atoms with Gasteiger partial charge in [0.1, 0.15) is 0 Å². The van der Waals surface area contributed by atoms with Crippen LogP contribution in [0.15, 0.2) is 0 Å². The first-order valence-electron chi connectivity index (χ1n) is 6.01. The van der Waals surface area contributed by atoms with Gasteiger partial charge in [0, 0.05) is 0 Å². The highest BCUT2D eigenvalue weighted by Crippen LogP contribution is 2.83. The van der Waals surface area contributed by atoms with Crippen LogP contribution in [0.5, 0.6) is 0 Å². The molecule has 1 spiro atoms. The van der Waals surface area contributed by atoms with E-state index in [4.69, 9.17) is 41.1 Å². The van der Waals surface area contributed by atoms with Crippen LogP contribution in [0.25, 0.3) is 0 Å². The van der Waals surface area contributed by atoms with Crippen LogP contribution in [-0.4, -0.2) is 60.6 Å². The van der Waals surface area contributed by atoms with Crippen LogP contribution < -0.4 is 0 Å². The SMILES string of the molecule is OC12OP(O1)O[C@@]21OOP2OC(O)(O2)[C@@]2(O)OP3O[C@]1(O)[C@@]2(O)O3. The molecular weight excluding hydrogens is 405 g/mol. The summed E-state index contributed by atoms with van der Waals surface area (Å²) in [6.07, 6.45) is 0. The fourth-order valence-corrected chi connectivity index (χ4v) is 6.38. The lowest BCUT2D eigenvalue weighted by Gasteiger charge is -2.52. The van der Waals surface area contributed by atoms with E-state index in [9.17, 15) is 25.5 Å². The Bertz CT molecular complexity index is 651. The van der Waals surface area contributed by atoms with Crippen LogP contribution in [0.1, 0.15) is 0 Å². The Morgan fingerprint density at radius 3 is 1.62 bits per heavy atom. The van der Waals surface area contributed by atoms with E-state index in [2.05, 4.69) is 4.67 Å². The Morgan fingerprint density at radius 1 is 0.500 bits per heavy atom. The summed E-state index contributed by atoms with van der Waals surface area (Å²) in [4.78, 5) is 4.85. The number of hydrogen-bond acceptors (Lipinski definition) is 15. The van der Waals surface area contributed by atoms with Crippen molar-refractivity contribution in [2.45, 2.75) is 35.1 Å². The van der Waals surface area contributed by atoms with Crippen LogP contribution in [-0.2, 0) is 45.8 Å². The molecule has 0 radical (unpaired) electrons. The second-order valence-electron chi connectivity index (χ2n) is 5.27. The van der Waals surface area contributed by atoms with Crippen molar-refractivity contribution in [2.75, 3.05) is 0 Å². The van der Waals surface area contributed by atoms with Crippen molar-refractivity contribution in [1.82, 2.24) is 0 Å². The average molecular weight is 410 g/mol. The Hall–Kier alpha value is 0.690. The molecule has 134 valence electrons. The third-order valence-corrected chi connectivity index (χ3v) is 7.47. The molecule has 6 bridgehead atoms. The number of hydrogen-bond donors (Lipinski definition) is 5. The summed E-state index contributed by atoms with van der Waals surface area (Å²) in [6.45, 7) is 0. The smallest absolute Gasteiger partial charge is 0.356 e. The van der Waals surface area contributed by atoms with E-state index in [-0.39, 0.29) is 0 Å². The van der Waals surface area contributed by atoms with Crippen molar-refractivity contribution in [3.8, 4) is 0 Å². The molecule has 0 saturated carbocycles. The first-order valence-corrected chi connectivity index (χ1v) is 9.30. The van der Waals surface area contributed by atoms with Gasteiger partial charge < -0.3 is 25.5 Å². The molecule has 0 aliphatic carbocycles. The zero-order valence-electron chi connectivity index (χ0n) is 10.7. The van der Waals surface area contributed by atoms with Crippen LogP contribution in [0.3, 0.4) is 0 Å². The molecule has 5 atom stereocenters. The normalized spacial score (nSPS) is 72.1. The molecule has 0 aromatic heterocycles. The third kappa shape index (κ3) is 1.27. The van der Waals surface area contributed by atoms with Gasteiger partial charge in [0.25, 0.3) is 5.79 Å². The van der Waals surface area contributed by atoms with E-state index in [1.54, 1.807) is 0 Å². The van der Waals surface area contributed by atoms with Crippen molar-refractivity contribution in [3.63, 3.8) is 0 Å². The molecule has 0 amide bonds. The van der Waals surface area contributed by atoms with E-state index >= 15 is 0 Å². The van der Waals surface area contributed by atoms with E-state index in [1.807, 2.05) is 0 Å². The maximum Gasteiger partial charge on any atom is 0.372 e. The standard InChI is InChI=1S/C6H5O15P3/c7-1-2(8)4(6(11)19-23(16-4)20-6)12-21-24-17-5(10,18-24)3(1,9)15-22(13-1)14-2/h7-11H/t1-,2-,3+,4-,5?,6?,22?,23?,24?/m1/s1. The number of fused-ring (bicyclic) bond motifs is 2. The highest BCUT2D eigenvalue weighted by Gasteiger charge is 3.00. The molecule has 8 heterocycles. The molecule has 18 heteroatoms. The minimum absolute atomic E-state index is 2.19. The van der Waals surface area contributed by atoms with E-state index in [0.717, 1.165) is 0 Å². The maximum atomic E-state index is 11.0. The Labute approximate surface area is 133 Å². The van der Waals surface area contributed by atoms with Crippen LogP contribution in [0.2, 0.25) is 0 Å². The second kappa shape index (κ2) is 3.93. The van der Waals surface area contributed by atoms with Crippen molar-refractivity contribution in [3.05, 3.63) is 0 Å². The summed E-state index contributed by atoms with van der Waals surface area (Å²) >= 11 is 0. The lowest BCUT2D eigenvalue weighted by molar-refractivity contribution is -0.559. The molecule has 8 rings (SSSR count). The first kappa shape index (κ1) is 15.7. The van der Waals surface area contributed by atoms with Crippen LogP contribution >= 0.6 is 25.8 Å². The predicted molar refractivity (Wildman–Crippen MR) is 59.1 cm³/mol. The fourth-order valence-electron chi connectivity index (χ4n) is 2.79. The molecule has 5 N–H and O–H groups in total. The van der Waals surface area contributed by atoms with Gasteiger partial charge in [0.2, 0.25) is 0 Å². The van der Waals surface area contributed by atoms with Gasteiger partial charge in [-0.25, -0.2) is 18.1 Å². The van der Waals surface area contributed by atoms with Crippen molar-refractivity contribution >= 4 is 25.8 Å². The van der Waals surface area contributed by atoms with Crippen molar-refractivity contribution in [2.24, 2.45) is 0 Å². The van der Waals surface area contributed by atoms with Gasteiger partial charge in [-0.3, -0.25) is 18.1 Å². The molecule has 8 aliphatic heterocycles. The number of rotatable bonds is 0. The maximum absolute atomic E-state index is 11.0. The lowest BCUT2D eigenvalue weighted by Crippen LogP contribution is -2.83. The van der Waals surface area contributed by atoms with Crippen LogP contribution in [0, 0.1) is 0 Å². The summed E-state index contributed by atoms with van der Waals surface area (Å²) in [5.74, 6) is -18.6. The van der Waals surface area contributed by atoms with E-state index in [1.165, 1.54) is 0 Å². The quantitative estimate of drug-likeness (QED) is 0.215. The fraction of sp³-hybridized carbons (Fsp3) is 1.00. The first-order chi connectivity index (χ1) is 11.1. The molecule has 8 saturated heterocycles. The summed E-state index contributed by atoms with van der Waals surface area (Å²) in [6, 6.07) is 0. The van der Waals surface area contributed by atoms with Gasteiger partial charge in [-0.15, -0.1) is 4.67 Å². The van der Waals surface area contributed by atoms with E-state index < -0.39 is 60.9 Å². The predicted octanol–water partition coefficient (Wildman–Crippen LogP) is -2.12. The zero-order chi connectivity index (χ0) is 16.8. The third-order valence-electron chi connectivity index (χ3n) is 4.04. The van der Waals surface area contributed by atoms with Gasteiger partial charge in [0.05, 0.1) is 0 Å². The largest absolute Gasteiger partial charge is 0.372 e. The summed E-state index contributed by atoms with van der Waals surface area (Å²) in [5.41, 5.74) is 0. The highest BCUT2D eigenvalue weighted by molar-refractivity contribution is 7.44. The minimum atomic E-state index is -3.34. The molecular formula is C6H5O15P3. The zero-order valence-corrected chi connectivity index (χ0v) is 13.3. The molecule has 0 aromatic rings. The van der Waals surface area contributed by atoms with E-state index in [0.29, 0.717) is 0 Å². The van der Waals surface area contributed by atoms with Crippen LogP contribution in [0.4, 0.5) is 0 Å². The van der Waals surface area contributed by atoms with Gasteiger partial charge in [0.15, 0.2) is 0 Å². The molecule has 24 heavy (non-hydrogen) atoms. The van der Waals surface area contributed by atoms with Gasteiger partial charge in [-0.2, -0.15) is 4.89 Å². The summed E-state index contributed by atoms with van der Waals surface area (Å²) < 4.78 is 43.9. The van der Waals surface area contributed by atoms with Crippen molar-refractivity contribution < 1.29 is 71.3 Å². The molecule has 1 unspecified atom stereocenters. The molecule has 0 aromatic carbocycles. The Morgan fingerprint density at radius 2 is 1.04 bits per heavy atom. The molecule has 8 fully saturated rings. The molecule has 8 aliphatic rings.